The van der Waals surface area contributed by atoms with Gasteiger partial charge in [-0.1, -0.05) is 27.5 Å². The first kappa shape index (κ1) is 14.4. The van der Waals surface area contributed by atoms with Crippen LogP contribution in [0.2, 0.25) is 5.02 Å². The zero-order chi connectivity index (χ0) is 14.2. The van der Waals surface area contributed by atoms with Crippen LogP contribution in [-0.4, -0.2) is 18.2 Å². The molecule has 1 aromatic heterocycles. The third-order valence-electron chi connectivity index (χ3n) is 2.43. The molecule has 2 rings (SSSR count). The van der Waals surface area contributed by atoms with E-state index >= 15 is 0 Å². The van der Waals surface area contributed by atoms with E-state index in [4.69, 9.17) is 11.6 Å². The highest BCUT2D eigenvalue weighted by Gasteiger charge is 2.20. The van der Waals surface area contributed by atoms with Gasteiger partial charge in [0, 0.05) is 17.7 Å². The van der Waals surface area contributed by atoms with Crippen molar-refractivity contribution in [2.75, 3.05) is 4.72 Å². The molecule has 8 heteroatoms. The minimum Gasteiger partial charge on any atom is -0.278 e. The summed E-state index contributed by atoms with van der Waals surface area (Å²) in [5.41, 5.74) is 0.761. The maximum absolute atomic E-state index is 12.2. The average Bonchev–Trinajstić information content (AvgIpc) is 2.63. The van der Waals surface area contributed by atoms with Gasteiger partial charge in [0.1, 0.15) is 4.90 Å². The van der Waals surface area contributed by atoms with Gasteiger partial charge in [-0.3, -0.25) is 9.40 Å². The molecule has 2 aromatic rings. The van der Waals surface area contributed by atoms with E-state index in [0.717, 1.165) is 4.47 Å². The molecular weight excluding hydrogens is 354 g/mol. The summed E-state index contributed by atoms with van der Waals surface area (Å²) in [6.07, 6.45) is 1.45. The molecule has 1 heterocycles. The first-order chi connectivity index (χ1) is 8.79. The molecule has 5 nitrogen and oxygen atoms in total. The van der Waals surface area contributed by atoms with Gasteiger partial charge in [-0.05, 0) is 25.1 Å². The van der Waals surface area contributed by atoms with E-state index in [1.165, 1.54) is 10.9 Å². The fourth-order valence-corrected chi connectivity index (χ4v) is 3.69. The zero-order valence-corrected chi connectivity index (χ0v) is 13.3. The number of anilines is 1. The number of aryl methyl sites for hydroxylation is 2. The van der Waals surface area contributed by atoms with E-state index in [-0.39, 0.29) is 4.90 Å². The van der Waals surface area contributed by atoms with Crippen LogP contribution in [0.1, 0.15) is 5.69 Å². The van der Waals surface area contributed by atoms with Crippen molar-refractivity contribution in [2.45, 2.75) is 11.8 Å². The molecule has 1 N–H and O–H groups in total. The number of aromatic nitrogens is 2. The standard InChI is InChI=1S/C11H11BrClN3O2S/c1-7-11(6-16(2)14-7)19(17,18)15-10-4-3-8(12)5-9(10)13/h3-6,15H,1-2H3. The molecular formula is C11H11BrClN3O2S. The number of nitrogens with one attached hydrogen (secondary N) is 1. The Morgan fingerprint density at radius 1 is 1.42 bits per heavy atom. The first-order valence-electron chi connectivity index (χ1n) is 5.28. The normalized spacial score (nSPS) is 11.6. The van der Waals surface area contributed by atoms with Crippen LogP contribution in [0, 0.1) is 6.92 Å². The van der Waals surface area contributed by atoms with Crippen LogP contribution < -0.4 is 4.72 Å². The number of halogens is 2. The molecule has 0 amide bonds. The number of hydrogen-bond acceptors (Lipinski definition) is 3. The van der Waals surface area contributed by atoms with Crippen LogP contribution in [0.25, 0.3) is 0 Å². The second-order valence-corrected chi connectivity index (χ2v) is 6.96. The summed E-state index contributed by atoms with van der Waals surface area (Å²) in [6.45, 7) is 1.64. The van der Waals surface area contributed by atoms with E-state index in [1.54, 1.807) is 32.2 Å². The molecule has 0 spiro atoms. The van der Waals surface area contributed by atoms with E-state index in [1.807, 2.05) is 0 Å². The fraction of sp³-hybridized carbons (Fsp3) is 0.182. The van der Waals surface area contributed by atoms with Gasteiger partial charge in [0.15, 0.2) is 0 Å². The Balaban J connectivity index is 2.39. The van der Waals surface area contributed by atoms with Gasteiger partial charge in [-0.15, -0.1) is 0 Å². The molecule has 0 aliphatic rings. The average molecular weight is 365 g/mol. The number of hydrogen-bond donors (Lipinski definition) is 1. The minimum absolute atomic E-state index is 0.133. The van der Waals surface area contributed by atoms with Crippen molar-refractivity contribution in [3.63, 3.8) is 0 Å². The lowest BCUT2D eigenvalue weighted by molar-refractivity contribution is 0.600. The Morgan fingerprint density at radius 2 is 2.11 bits per heavy atom. The molecule has 0 bridgehead atoms. The van der Waals surface area contributed by atoms with Crippen molar-refractivity contribution in [2.24, 2.45) is 7.05 Å². The van der Waals surface area contributed by atoms with Gasteiger partial charge in [0.05, 0.1) is 16.4 Å². The molecule has 0 saturated heterocycles. The fourth-order valence-electron chi connectivity index (χ4n) is 1.61. The number of nitrogens with zero attached hydrogens (tertiary/aromatic N) is 2. The van der Waals surface area contributed by atoms with Gasteiger partial charge < -0.3 is 0 Å². The third-order valence-corrected chi connectivity index (χ3v) is 4.71. The largest absolute Gasteiger partial charge is 0.278 e. The molecule has 0 fully saturated rings. The van der Waals surface area contributed by atoms with E-state index in [9.17, 15) is 8.42 Å². The Morgan fingerprint density at radius 3 is 2.63 bits per heavy atom. The van der Waals surface area contributed by atoms with Gasteiger partial charge in [0.25, 0.3) is 10.0 Å². The van der Waals surface area contributed by atoms with E-state index < -0.39 is 10.0 Å². The Labute approximate surface area is 124 Å². The van der Waals surface area contributed by atoms with Crippen LogP contribution in [0.4, 0.5) is 5.69 Å². The number of rotatable bonds is 3. The lowest BCUT2D eigenvalue weighted by Crippen LogP contribution is -2.13. The Kier molecular flexibility index (Phi) is 3.89. The molecule has 0 aliphatic carbocycles. The molecule has 19 heavy (non-hydrogen) atoms. The van der Waals surface area contributed by atoms with Crippen molar-refractivity contribution < 1.29 is 8.42 Å². The summed E-state index contributed by atoms with van der Waals surface area (Å²) in [4.78, 5) is 0.133. The maximum Gasteiger partial charge on any atom is 0.265 e. The zero-order valence-electron chi connectivity index (χ0n) is 10.2. The molecule has 1 aromatic carbocycles. The van der Waals surface area contributed by atoms with Crippen molar-refractivity contribution >= 4 is 43.2 Å². The highest BCUT2D eigenvalue weighted by atomic mass is 79.9. The van der Waals surface area contributed by atoms with Gasteiger partial charge in [0.2, 0.25) is 0 Å². The molecule has 0 radical (unpaired) electrons. The van der Waals surface area contributed by atoms with Crippen LogP contribution in [0.5, 0.6) is 0 Å². The lowest BCUT2D eigenvalue weighted by Gasteiger charge is -2.08. The van der Waals surface area contributed by atoms with Crippen LogP contribution in [-0.2, 0) is 17.1 Å². The monoisotopic (exact) mass is 363 g/mol. The predicted octanol–water partition coefficient (Wildman–Crippen LogP) is 2.95. The van der Waals surface area contributed by atoms with Crippen LogP contribution in [0.15, 0.2) is 33.8 Å². The maximum atomic E-state index is 12.2. The van der Waals surface area contributed by atoms with Crippen molar-refractivity contribution in [3.8, 4) is 0 Å². The number of sulfonamides is 1. The second-order valence-electron chi connectivity index (χ2n) is 3.98. The summed E-state index contributed by atoms with van der Waals surface area (Å²) in [6, 6.07) is 4.92. The summed E-state index contributed by atoms with van der Waals surface area (Å²) in [7, 11) is -2.03. The van der Waals surface area contributed by atoms with Gasteiger partial charge in [-0.2, -0.15) is 5.10 Å². The van der Waals surface area contributed by atoms with Gasteiger partial charge >= 0.3 is 0 Å². The smallest absolute Gasteiger partial charge is 0.265 e. The highest BCUT2D eigenvalue weighted by Crippen LogP contribution is 2.28. The highest BCUT2D eigenvalue weighted by molar-refractivity contribution is 9.10. The SMILES string of the molecule is Cc1nn(C)cc1S(=O)(=O)Nc1ccc(Br)cc1Cl. The Bertz CT molecular complexity index is 728. The molecule has 102 valence electrons. The van der Waals surface area contributed by atoms with E-state index in [0.29, 0.717) is 16.4 Å². The van der Waals surface area contributed by atoms with Crippen molar-refractivity contribution in [3.05, 3.63) is 39.6 Å². The first-order valence-corrected chi connectivity index (χ1v) is 7.93. The lowest BCUT2D eigenvalue weighted by atomic mass is 10.3. The van der Waals surface area contributed by atoms with Crippen LogP contribution in [0.3, 0.4) is 0 Å². The second kappa shape index (κ2) is 5.15. The summed E-state index contributed by atoms with van der Waals surface area (Å²) in [5.74, 6) is 0. The molecule has 0 aliphatic heterocycles. The third kappa shape index (κ3) is 3.10. The van der Waals surface area contributed by atoms with Crippen molar-refractivity contribution in [1.82, 2.24) is 9.78 Å². The van der Waals surface area contributed by atoms with Crippen molar-refractivity contribution in [1.29, 1.82) is 0 Å². The predicted molar refractivity (Wildman–Crippen MR) is 77.9 cm³/mol. The quantitative estimate of drug-likeness (QED) is 0.910. The molecule has 0 saturated carbocycles. The summed E-state index contributed by atoms with van der Waals surface area (Å²) >= 11 is 9.25. The van der Waals surface area contributed by atoms with Crippen LogP contribution >= 0.6 is 27.5 Å². The molecule has 0 unspecified atom stereocenters. The Hall–Kier alpha value is -1.05. The summed E-state index contributed by atoms with van der Waals surface area (Å²) in [5, 5.41) is 4.33. The molecule has 0 atom stereocenters. The minimum atomic E-state index is -3.69. The van der Waals surface area contributed by atoms with Gasteiger partial charge in [-0.25, -0.2) is 8.42 Å². The van der Waals surface area contributed by atoms with E-state index in [2.05, 4.69) is 25.8 Å². The summed E-state index contributed by atoms with van der Waals surface area (Å²) < 4.78 is 29.2. The number of benzene rings is 1. The topological polar surface area (TPSA) is 64.0 Å².